The van der Waals surface area contributed by atoms with Crippen LogP contribution in [0, 0.1) is 5.41 Å². The van der Waals surface area contributed by atoms with Crippen molar-refractivity contribution in [2.45, 2.75) is 46.1 Å². The first-order valence-electron chi connectivity index (χ1n) is 6.78. The number of carbonyl (C=O) groups is 2. The summed E-state index contributed by atoms with van der Waals surface area (Å²) in [4.78, 5) is 23.2. The topological polar surface area (TPSA) is 89.5 Å². The number of hydrogen-bond acceptors (Lipinski definition) is 5. The zero-order valence-corrected chi connectivity index (χ0v) is 13.1. The van der Waals surface area contributed by atoms with Gasteiger partial charge in [-0.2, -0.15) is 0 Å². The summed E-state index contributed by atoms with van der Waals surface area (Å²) in [6.45, 7) is 5.56. The van der Waals surface area contributed by atoms with Gasteiger partial charge in [-0.05, 0) is 12.8 Å². The highest BCUT2D eigenvalue weighted by atomic mass is 32.2. The van der Waals surface area contributed by atoms with Gasteiger partial charge < -0.3 is 10.1 Å². The molecule has 0 radical (unpaired) electrons. The van der Waals surface area contributed by atoms with Gasteiger partial charge in [-0.25, -0.2) is 8.42 Å². The molecule has 0 aromatic carbocycles. The van der Waals surface area contributed by atoms with Gasteiger partial charge in [-0.3, -0.25) is 9.59 Å². The summed E-state index contributed by atoms with van der Waals surface area (Å²) >= 11 is 0. The fraction of sp³-hybridized carbons (Fsp3) is 0.846. The molecule has 1 rings (SSSR count). The van der Waals surface area contributed by atoms with Crippen LogP contribution in [0.2, 0.25) is 0 Å². The number of rotatable bonds is 4. The number of sulfone groups is 1. The molecule has 1 aliphatic rings. The summed E-state index contributed by atoms with van der Waals surface area (Å²) in [6, 6.07) is 0. The molecular weight excluding hydrogens is 282 g/mol. The molecule has 1 aliphatic heterocycles. The number of hydrogen-bond donors (Lipinski definition) is 1. The first-order valence-corrected chi connectivity index (χ1v) is 8.60. The summed E-state index contributed by atoms with van der Waals surface area (Å²) in [7, 11) is -3.08. The average Bonchev–Trinajstić information content (AvgIpc) is 2.25. The Morgan fingerprint density at radius 1 is 1.30 bits per heavy atom. The number of esters is 1. The number of amides is 1. The number of carbonyl (C=O) groups excluding carboxylic acids is 2. The van der Waals surface area contributed by atoms with E-state index in [1.807, 2.05) is 0 Å². The molecular formula is C13H23NO5S. The molecule has 1 saturated heterocycles. The minimum Gasteiger partial charge on any atom is -0.461 e. The van der Waals surface area contributed by atoms with Crippen molar-refractivity contribution in [2.24, 2.45) is 5.41 Å². The molecule has 7 heteroatoms. The highest BCUT2D eigenvalue weighted by Crippen LogP contribution is 2.16. The third-order valence-corrected chi connectivity index (χ3v) is 4.81. The maximum atomic E-state index is 11.6. The molecule has 6 nitrogen and oxygen atoms in total. The summed E-state index contributed by atoms with van der Waals surface area (Å²) in [5, 5.41) is 2.65. The Balaban J connectivity index is 2.29. The zero-order chi connectivity index (χ0) is 15.4. The van der Waals surface area contributed by atoms with Crippen molar-refractivity contribution in [2.75, 3.05) is 18.1 Å². The standard InChI is InChI=1S/C13H23NO5S/c1-13(2,3)12(16)14-7-6-11(15)19-10-5-4-8-20(17,18)9-10/h10H,4-9H2,1-3H3,(H,14,16)/t10-/m0/s1. The predicted molar refractivity (Wildman–Crippen MR) is 74.8 cm³/mol. The molecule has 0 bridgehead atoms. The zero-order valence-electron chi connectivity index (χ0n) is 12.3. The minimum absolute atomic E-state index is 0.0539. The molecule has 20 heavy (non-hydrogen) atoms. The van der Waals surface area contributed by atoms with Gasteiger partial charge in [0.15, 0.2) is 9.84 Å². The molecule has 0 spiro atoms. The maximum absolute atomic E-state index is 11.6. The Kier molecular flexibility index (Phi) is 5.56. The highest BCUT2D eigenvalue weighted by Gasteiger charge is 2.27. The summed E-state index contributed by atoms with van der Waals surface area (Å²) in [5.74, 6) is -0.526. The summed E-state index contributed by atoms with van der Waals surface area (Å²) in [5.41, 5.74) is -0.499. The lowest BCUT2D eigenvalue weighted by molar-refractivity contribution is -0.148. The number of nitrogens with one attached hydrogen (secondary N) is 1. The van der Waals surface area contributed by atoms with E-state index in [2.05, 4.69) is 5.32 Å². The molecule has 1 atom stereocenters. The molecule has 116 valence electrons. The Morgan fingerprint density at radius 2 is 1.95 bits per heavy atom. The third kappa shape index (κ3) is 5.90. The third-order valence-electron chi connectivity index (χ3n) is 3.02. The lowest BCUT2D eigenvalue weighted by Gasteiger charge is -2.22. The van der Waals surface area contributed by atoms with E-state index < -0.39 is 27.3 Å². The first kappa shape index (κ1) is 16.9. The van der Waals surface area contributed by atoms with E-state index in [-0.39, 0.29) is 30.4 Å². The van der Waals surface area contributed by atoms with Crippen molar-refractivity contribution in [3.63, 3.8) is 0 Å². The van der Waals surface area contributed by atoms with E-state index >= 15 is 0 Å². The lowest BCUT2D eigenvalue weighted by atomic mass is 9.96. The van der Waals surface area contributed by atoms with Gasteiger partial charge in [0.1, 0.15) is 6.10 Å². The van der Waals surface area contributed by atoms with Crippen LogP contribution in [-0.2, 0) is 24.2 Å². The molecule has 0 aliphatic carbocycles. The van der Waals surface area contributed by atoms with E-state index in [4.69, 9.17) is 4.74 Å². The Labute approximate surface area is 120 Å². The number of ether oxygens (including phenoxy) is 1. The molecule has 1 N–H and O–H groups in total. The van der Waals surface area contributed by atoms with E-state index in [0.29, 0.717) is 12.8 Å². The van der Waals surface area contributed by atoms with Crippen LogP contribution in [0.25, 0.3) is 0 Å². The molecule has 0 aromatic rings. The van der Waals surface area contributed by atoms with E-state index in [9.17, 15) is 18.0 Å². The van der Waals surface area contributed by atoms with Crippen LogP contribution in [-0.4, -0.2) is 44.4 Å². The van der Waals surface area contributed by atoms with Gasteiger partial charge >= 0.3 is 5.97 Å². The summed E-state index contributed by atoms with van der Waals surface area (Å²) in [6.07, 6.45) is 0.623. The average molecular weight is 305 g/mol. The quantitative estimate of drug-likeness (QED) is 0.771. The summed E-state index contributed by atoms with van der Waals surface area (Å²) < 4.78 is 27.9. The van der Waals surface area contributed by atoms with Gasteiger partial charge in [0, 0.05) is 12.0 Å². The van der Waals surface area contributed by atoms with E-state index in [0.717, 1.165) is 0 Å². The van der Waals surface area contributed by atoms with Crippen LogP contribution >= 0.6 is 0 Å². The van der Waals surface area contributed by atoms with Gasteiger partial charge in [-0.15, -0.1) is 0 Å². The fourth-order valence-corrected chi connectivity index (χ4v) is 3.44. The van der Waals surface area contributed by atoms with Gasteiger partial charge in [-0.1, -0.05) is 20.8 Å². The lowest BCUT2D eigenvalue weighted by Crippen LogP contribution is -2.37. The molecule has 1 heterocycles. The second-order valence-corrected chi connectivity index (χ2v) is 8.35. The monoisotopic (exact) mass is 305 g/mol. The highest BCUT2D eigenvalue weighted by molar-refractivity contribution is 7.91. The van der Waals surface area contributed by atoms with Crippen LogP contribution in [0.3, 0.4) is 0 Å². The fourth-order valence-electron chi connectivity index (χ4n) is 1.86. The van der Waals surface area contributed by atoms with Crippen molar-refractivity contribution >= 4 is 21.7 Å². The predicted octanol–water partition coefficient (Wildman–Crippen LogP) is 0.659. The SMILES string of the molecule is CC(C)(C)C(=O)NCCC(=O)O[C@H]1CCCS(=O)(=O)C1. The van der Waals surface area contributed by atoms with Crippen molar-refractivity contribution in [1.29, 1.82) is 0 Å². The van der Waals surface area contributed by atoms with Crippen LogP contribution in [0.15, 0.2) is 0 Å². The van der Waals surface area contributed by atoms with E-state index in [1.54, 1.807) is 20.8 Å². The Bertz CT molecular complexity index is 464. The largest absolute Gasteiger partial charge is 0.461 e. The van der Waals surface area contributed by atoms with Crippen LogP contribution in [0.1, 0.15) is 40.0 Å². The van der Waals surface area contributed by atoms with Crippen molar-refractivity contribution < 1.29 is 22.7 Å². The van der Waals surface area contributed by atoms with E-state index in [1.165, 1.54) is 0 Å². The van der Waals surface area contributed by atoms with Crippen LogP contribution < -0.4 is 5.32 Å². The molecule has 0 saturated carbocycles. The van der Waals surface area contributed by atoms with Crippen LogP contribution in [0.5, 0.6) is 0 Å². The molecule has 1 fully saturated rings. The maximum Gasteiger partial charge on any atom is 0.307 e. The van der Waals surface area contributed by atoms with Crippen LogP contribution in [0.4, 0.5) is 0 Å². The second kappa shape index (κ2) is 6.56. The Morgan fingerprint density at radius 3 is 2.50 bits per heavy atom. The van der Waals surface area contributed by atoms with Crippen molar-refractivity contribution in [3.8, 4) is 0 Å². The minimum atomic E-state index is -3.08. The Hall–Kier alpha value is -1.11. The normalized spacial score (nSPS) is 22.1. The van der Waals surface area contributed by atoms with Gasteiger partial charge in [0.25, 0.3) is 0 Å². The van der Waals surface area contributed by atoms with Gasteiger partial charge in [0.05, 0.1) is 17.9 Å². The second-order valence-electron chi connectivity index (χ2n) is 6.12. The first-order chi connectivity index (χ1) is 9.10. The molecule has 0 aromatic heterocycles. The molecule has 1 amide bonds. The van der Waals surface area contributed by atoms with Crippen molar-refractivity contribution in [3.05, 3.63) is 0 Å². The van der Waals surface area contributed by atoms with Gasteiger partial charge in [0.2, 0.25) is 5.91 Å². The van der Waals surface area contributed by atoms with Crippen molar-refractivity contribution in [1.82, 2.24) is 5.32 Å². The smallest absolute Gasteiger partial charge is 0.307 e. The molecule has 0 unspecified atom stereocenters.